The van der Waals surface area contributed by atoms with Gasteiger partial charge in [0.15, 0.2) is 0 Å². The summed E-state index contributed by atoms with van der Waals surface area (Å²) >= 11 is 1.56. The molecule has 20 heavy (non-hydrogen) atoms. The van der Waals surface area contributed by atoms with Gasteiger partial charge in [0, 0.05) is 10.9 Å². The van der Waals surface area contributed by atoms with E-state index in [9.17, 15) is 13.2 Å². The highest BCUT2D eigenvalue weighted by atomic mass is 32.1. The van der Waals surface area contributed by atoms with Crippen LogP contribution in [0.3, 0.4) is 0 Å². The molecule has 3 rings (SSSR count). The van der Waals surface area contributed by atoms with Crippen molar-refractivity contribution in [2.75, 3.05) is 6.54 Å². The monoisotopic (exact) mass is 298 g/mol. The van der Waals surface area contributed by atoms with Gasteiger partial charge in [-0.3, -0.25) is 0 Å². The lowest BCUT2D eigenvalue weighted by Crippen LogP contribution is -2.12. The largest absolute Gasteiger partial charge is 0.416 e. The maximum absolute atomic E-state index is 12.5. The van der Waals surface area contributed by atoms with Crippen molar-refractivity contribution in [2.24, 2.45) is 0 Å². The number of hydrogen-bond donors (Lipinski definition) is 1. The van der Waals surface area contributed by atoms with Crippen LogP contribution in [0.1, 0.15) is 29.5 Å². The molecule has 0 aliphatic carbocycles. The van der Waals surface area contributed by atoms with Crippen molar-refractivity contribution in [1.29, 1.82) is 0 Å². The summed E-state index contributed by atoms with van der Waals surface area (Å²) in [6.45, 7) is 1.000. The second-order valence-electron chi connectivity index (χ2n) is 4.80. The van der Waals surface area contributed by atoms with Gasteiger partial charge in [0.25, 0.3) is 0 Å². The number of nitrogens with zero attached hydrogens (tertiary/aromatic N) is 1. The fraction of sp³-hybridized carbons (Fsp3) is 0.357. The molecule has 2 aromatic rings. The first-order valence-electron chi connectivity index (χ1n) is 6.40. The molecule has 0 bridgehead atoms. The molecule has 1 aromatic carbocycles. The zero-order valence-electron chi connectivity index (χ0n) is 10.6. The Hall–Kier alpha value is -1.40. The van der Waals surface area contributed by atoms with Crippen LogP contribution in [-0.2, 0) is 6.18 Å². The number of alkyl halides is 3. The molecule has 0 spiro atoms. The van der Waals surface area contributed by atoms with Gasteiger partial charge in [-0.15, -0.1) is 11.3 Å². The van der Waals surface area contributed by atoms with Crippen LogP contribution in [0, 0.1) is 0 Å². The van der Waals surface area contributed by atoms with E-state index < -0.39 is 11.7 Å². The van der Waals surface area contributed by atoms with Crippen LogP contribution in [0.5, 0.6) is 0 Å². The maximum Gasteiger partial charge on any atom is 0.416 e. The first-order valence-corrected chi connectivity index (χ1v) is 7.28. The van der Waals surface area contributed by atoms with Crippen molar-refractivity contribution in [1.82, 2.24) is 10.3 Å². The zero-order chi connectivity index (χ0) is 14.2. The van der Waals surface area contributed by atoms with Crippen LogP contribution in [-0.4, -0.2) is 11.5 Å². The van der Waals surface area contributed by atoms with E-state index in [1.807, 2.05) is 5.38 Å². The van der Waals surface area contributed by atoms with Gasteiger partial charge in [0.2, 0.25) is 0 Å². The predicted molar refractivity (Wildman–Crippen MR) is 72.5 cm³/mol. The van der Waals surface area contributed by atoms with E-state index in [1.165, 1.54) is 12.1 Å². The Kier molecular flexibility index (Phi) is 3.52. The third-order valence-electron chi connectivity index (χ3n) is 3.39. The maximum atomic E-state index is 12.5. The predicted octanol–water partition coefficient (Wildman–Crippen LogP) is 4.25. The van der Waals surface area contributed by atoms with Crippen LogP contribution < -0.4 is 5.32 Å². The van der Waals surface area contributed by atoms with E-state index >= 15 is 0 Å². The summed E-state index contributed by atoms with van der Waals surface area (Å²) < 4.78 is 37.5. The number of halogens is 3. The topological polar surface area (TPSA) is 24.9 Å². The number of thiazole rings is 1. The number of rotatable bonds is 2. The lowest BCUT2D eigenvalue weighted by atomic mass is 10.1. The van der Waals surface area contributed by atoms with E-state index in [1.54, 1.807) is 11.3 Å². The van der Waals surface area contributed by atoms with Crippen LogP contribution in [0.15, 0.2) is 29.6 Å². The van der Waals surface area contributed by atoms with E-state index in [4.69, 9.17) is 0 Å². The standard InChI is InChI=1S/C14H13F3N2S/c15-14(16,17)10-5-3-9(4-6-10)12-8-20-13(19-12)11-2-1-7-18-11/h3-6,8,11,18H,1-2,7H2. The SMILES string of the molecule is FC(F)(F)c1ccc(-c2csc(C3CCCN3)n2)cc1. The average molecular weight is 298 g/mol. The molecule has 1 atom stereocenters. The fourth-order valence-corrected chi connectivity index (χ4v) is 3.24. The quantitative estimate of drug-likeness (QED) is 0.896. The van der Waals surface area contributed by atoms with Crippen molar-refractivity contribution in [3.8, 4) is 11.3 Å². The summed E-state index contributed by atoms with van der Waals surface area (Å²) in [4.78, 5) is 4.53. The Labute approximate surface area is 118 Å². The van der Waals surface area contributed by atoms with Crippen molar-refractivity contribution in [2.45, 2.75) is 25.1 Å². The van der Waals surface area contributed by atoms with Gasteiger partial charge in [-0.05, 0) is 31.5 Å². The summed E-state index contributed by atoms with van der Waals surface area (Å²) in [5.74, 6) is 0. The minimum atomic E-state index is -4.29. The number of aromatic nitrogens is 1. The van der Waals surface area contributed by atoms with Gasteiger partial charge in [0.1, 0.15) is 5.01 Å². The number of hydrogen-bond acceptors (Lipinski definition) is 3. The Bertz CT molecular complexity index is 583. The van der Waals surface area contributed by atoms with E-state index in [0.29, 0.717) is 6.04 Å². The Balaban J connectivity index is 1.82. The molecule has 1 unspecified atom stereocenters. The number of benzene rings is 1. The van der Waals surface area contributed by atoms with E-state index in [0.717, 1.165) is 47.8 Å². The molecule has 1 aliphatic heterocycles. The van der Waals surface area contributed by atoms with Crippen LogP contribution in [0.25, 0.3) is 11.3 Å². The highest BCUT2D eigenvalue weighted by molar-refractivity contribution is 7.10. The smallest absolute Gasteiger partial charge is 0.308 e. The van der Waals surface area contributed by atoms with Crippen molar-refractivity contribution < 1.29 is 13.2 Å². The van der Waals surface area contributed by atoms with Gasteiger partial charge in [-0.1, -0.05) is 12.1 Å². The molecule has 1 saturated heterocycles. The molecule has 1 aliphatic rings. The lowest BCUT2D eigenvalue weighted by molar-refractivity contribution is -0.137. The van der Waals surface area contributed by atoms with Gasteiger partial charge in [-0.25, -0.2) is 4.98 Å². The molecule has 6 heteroatoms. The van der Waals surface area contributed by atoms with Gasteiger partial charge in [0.05, 0.1) is 17.3 Å². The summed E-state index contributed by atoms with van der Waals surface area (Å²) in [5.41, 5.74) is 0.833. The summed E-state index contributed by atoms with van der Waals surface area (Å²) in [7, 11) is 0. The second-order valence-corrected chi connectivity index (χ2v) is 5.68. The molecular weight excluding hydrogens is 285 g/mol. The minimum absolute atomic E-state index is 0.295. The molecule has 2 nitrogen and oxygen atoms in total. The van der Waals surface area contributed by atoms with Crippen molar-refractivity contribution in [3.05, 3.63) is 40.2 Å². The third-order valence-corrected chi connectivity index (χ3v) is 4.35. The first-order chi connectivity index (χ1) is 9.54. The van der Waals surface area contributed by atoms with E-state index in [-0.39, 0.29) is 0 Å². The molecule has 2 heterocycles. The fourth-order valence-electron chi connectivity index (χ4n) is 2.31. The summed E-state index contributed by atoms with van der Waals surface area (Å²) in [5, 5.41) is 6.28. The Morgan fingerprint density at radius 3 is 2.55 bits per heavy atom. The van der Waals surface area contributed by atoms with Crippen LogP contribution >= 0.6 is 11.3 Å². The molecule has 0 radical (unpaired) electrons. The molecule has 1 N–H and O–H groups in total. The third kappa shape index (κ3) is 2.71. The minimum Gasteiger partial charge on any atom is -0.308 e. The molecular formula is C14H13F3N2S. The van der Waals surface area contributed by atoms with Gasteiger partial charge < -0.3 is 5.32 Å². The number of nitrogens with one attached hydrogen (secondary N) is 1. The van der Waals surface area contributed by atoms with Gasteiger partial charge in [-0.2, -0.15) is 13.2 Å². The highest BCUT2D eigenvalue weighted by Gasteiger charge is 2.30. The van der Waals surface area contributed by atoms with Crippen molar-refractivity contribution >= 4 is 11.3 Å². The Morgan fingerprint density at radius 1 is 1.20 bits per heavy atom. The zero-order valence-corrected chi connectivity index (χ0v) is 11.4. The van der Waals surface area contributed by atoms with Gasteiger partial charge >= 0.3 is 6.18 Å². The molecule has 0 saturated carbocycles. The lowest BCUT2D eigenvalue weighted by Gasteiger charge is -2.07. The van der Waals surface area contributed by atoms with Crippen LogP contribution in [0.2, 0.25) is 0 Å². The Morgan fingerprint density at radius 2 is 1.95 bits per heavy atom. The van der Waals surface area contributed by atoms with Crippen LogP contribution in [0.4, 0.5) is 13.2 Å². The summed E-state index contributed by atoms with van der Waals surface area (Å²) in [6.07, 6.45) is -2.08. The second kappa shape index (κ2) is 5.18. The first kappa shape index (κ1) is 13.6. The normalized spacial score (nSPS) is 19.4. The summed E-state index contributed by atoms with van der Waals surface area (Å²) in [6, 6.07) is 5.45. The molecule has 106 valence electrons. The highest BCUT2D eigenvalue weighted by Crippen LogP contribution is 2.33. The average Bonchev–Trinajstić information content (AvgIpc) is 3.09. The molecule has 1 aromatic heterocycles. The molecule has 0 amide bonds. The molecule has 1 fully saturated rings. The van der Waals surface area contributed by atoms with E-state index in [2.05, 4.69) is 10.3 Å². The van der Waals surface area contributed by atoms with Crippen molar-refractivity contribution in [3.63, 3.8) is 0 Å².